The first-order chi connectivity index (χ1) is 6.29. The summed E-state index contributed by atoms with van der Waals surface area (Å²) < 4.78 is 18.2. The summed E-state index contributed by atoms with van der Waals surface area (Å²) >= 11 is 0. The van der Waals surface area contributed by atoms with Crippen molar-refractivity contribution >= 4 is 5.69 Å². The molecular formula is C9H11FN2O. The molecule has 1 unspecified atom stereocenters. The molecule has 1 aromatic carbocycles. The third-order valence-corrected chi connectivity index (χ3v) is 2.03. The molecule has 1 atom stereocenters. The molecule has 0 amide bonds. The number of anilines is 1. The number of hydrogen-bond donors (Lipinski definition) is 2. The Morgan fingerprint density at radius 2 is 2.46 bits per heavy atom. The summed E-state index contributed by atoms with van der Waals surface area (Å²) in [5.74, 6) is 0.415. The van der Waals surface area contributed by atoms with Gasteiger partial charge in [-0.2, -0.15) is 0 Å². The minimum absolute atomic E-state index is 0.0781. The molecule has 0 aliphatic carbocycles. The van der Waals surface area contributed by atoms with Crippen LogP contribution in [0.4, 0.5) is 10.1 Å². The van der Waals surface area contributed by atoms with Gasteiger partial charge in [0.25, 0.3) is 0 Å². The lowest BCUT2D eigenvalue weighted by atomic mass is 10.2. The first-order valence-electron chi connectivity index (χ1n) is 4.18. The molecule has 1 aliphatic heterocycles. The van der Waals surface area contributed by atoms with Gasteiger partial charge in [-0.25, -0.2) is 4.39 Å². The molecule has 4 heteroatoms. The van der Waals surface area contributed by atoms with Gasteiger partial charge in [0.2, 0.25) is 0 Å². The van der Waals surface area contributed by atoms with Crippen LogP contribution in [-0.4, -0.2) is 19.2 Å². The Morgan fingerprint density at radius 1 is 1.62 bits per heavy atom. The zero-order valence-corrected chi connectivity index (χ0v) is 7.09. The Balaban J connectivity index is 2.27. The summed E-state index contributed by atoms with van der Waals surface area (Å²) in [7, 11) is 0. The third-order valence-electron chi connectivity index (χ3n) is 2.03. The Labute approximate surface area is 75.7 Å². The topological polar surface area (TPSA) is 47.3 Å². The maximum absolute atomic E-state index is 12.8. The minimum Gasteiger partial charge on any atom is -0.489 e. The van der Waals surface area contributed by atoms with E-state index in [2.05, 4.69) is 5.32 Å². The van der Waals surface area contributed by atoms with E-state index in [4.69, 9.17) is 10.5 Å². The largest absolute Gasteiger partial charge is 0.489 e. The van der Waals surface area contributed by atoms with Gasteiger partial charge in [-0.1, -0.05) is 0 Å². The average Bonchev–Trinajstić information content (AvgIpc) is 2.16. The van der Waals surface area contributed by atoms with Gasteiger partial charge in [-0.05, 0) is 12.1 Å². The second kappa shape index (κ2) is 3.22. The Hall–Kier alpha value is -1.29. The van der Waals surface area contributed by atoms with Crippen LogP contribution in [0, 0.1) is 5.82 Å². The van der Waals surface area contributed by atoms with Crippen molar-refractivity contribution in [2.45, 2.75) is 6.04 Å². The Bertz CT molecular complexity index is 316. The molecule has 0 spiro atoms. The van der Waals surface area contributed by atoms with Crippen molar-refractivity contribution < 1.29 is 9.13 Å². The maximum Gasteiger partial charge on any atom is 0.142 e. The zero-order chi connectivity index (χ0) is 9.26. The molecule has 0 saturated heterocycles. The number of halogens is 1. The molecule has 2 rings (SSSR count). The van der Waals surface area contributed by atoms with E-state index in [1.165, 1.54) is 12.1 Å². The van der Waals surface area contributed by atoms with Crippen molar-refractivity contribution in [2.75, 3.05) is 18.5 Å². The molecule has 0 bridgehead atoms. The molecule has 1 aliphatic rings. The van der Waals surface area contributed by atoms with Gasteiger partial charge in [0, 0.05) is 12.6 Å². The Kier molecular flexibility index (Phi) is 2.06. The van der Waals surface area contributed by atoms with E-state index < -0.39 is 0 Å². The second-order valence-corrected chi connectivity index (χ2v) is 3.03. The predicted octanol–water partition coefficient (Wildman–Crippen LogP) is 0.957. The van der Waals surface area contributed by atoms with Crippen LogP contribution in [-0.2, 0) is 0 Å². The fourth-order valence-corrected chi connectivity index (χ4v) is 1.32. The highest BCUT2D eigenvalue weighted by molar-refractivity contribution is 5.58. The molecule has 3 nitrogen and oxygen atoms in total. The first kappa shape index (κ1) is 8.31. The number of hydrogen-bond acceptors (Lipinski definition) is 3. The number of nitrogens with two attached hydrogens (primary N) is 1. The van der Waals surface area contributed by atoms with Crippen molar-refractivity contribution in [3.05, 3.63) is 24.0 Å². The number of rotatable bonds is 1. The van der Waals surface area contributed by atoms with Crippen molar-refractivity contribution in [2.24, 2.45) is 5.73 Å². The summed E-state index contributed by atoms with van der Waals surface area (Å²) in [6.07, 6.45) is 0. The monoisotopic (exact) mass is 182 g/mol. The van der Waals surface area contributed by atoms with E-state index in [0.29, 0.717) is 24.6 Å². The molecule has 1 aromatic rings. The molecule has 0 radical (unpaired) electrons. The highest BCUT2D eigenvalue weighted by Crippen LogP contribution is 2.28. The van der Waals surface area contributed by atoms with Gasteiger partial charge in [-0.15, -0.1) is 0 Å². The van der Waals surface area contributed by atoms with E-state index in [-0.39, 0.29) is 11.9 Å². The minimum atomic E-state index is -0.271. The van der Waals surface area contributed by atoms with Crippen LogP contribution in [0.1, 0.15) is 0 Å². The van der Waals surface area contributed by atoms with E-state index in [0.717, 1.165) is 0 Å². The van der Waals surface area contributed by atoms with Crippen LogP contribution in [0.15, 0.2) is 18.2 Å². The smallest absolute Gasteiger partial charge is 0.142 e. The predicted molar refractivity (Wildman–Crippen MR) is 48.4 cm³/mol. The van der Waals surface area contributed by atoms with Crippen LogP contribution in [0.25, 0.3) is 0 Å². The van der Waals surface area contributed by atoms with Crippen LogP contribution >= 0.6 is 0 Å². The summed E-state index contributed by atoms with van der Waals surface area (Å²) in [5, 5.41) is 3.10. The second-order valence-electron chi connectivity index (χ2n) is 3.03. The van der Waals surface area contributed by atoms with Gasteiger partial charge < -0.3 is 15.8 Å². The van der Waals surface area contributed by atoms with Crippen LogP contribution in [0.3, 0.4) is 0 Å². The van der Waals surface area contributed by atoms with Crippen LogP contribution < -0.4 is 15.8 Å². The zero-order valence-electron chi connectivity index (χ0n) is 7.09. The van der Waals surface area contributed by atoms with Gasteiger partial charge in [0.15, 0.2) is 0 Å². The third kappa shape index (κ3) is 1.58. The van der Waals surface area contributed by atoms with Gasteiger partial charge >= 0.3 is 0 Å². The lowest BCUT2D eigenvalue weighted by Gasteiger charge is -2.26. The van der Waals surface area contributed by atoms with Crippen molar-refractivity contribution in [3.63, 3.8) is 0 Å². The Morgan fingerprint density at radius 3 is 3.23 bits per heavy atom. The van der Waals surface area contributed by atoms with Crippen molar-refractivity contribution in [3.8, 4) is 5.75 Å². The standard InChI is InChI=1S/C9H11FN2O/c10-6-1-2-9-8(3-6)12-7(4-11)5-13-9/h1-3,7,12H,4-5,11H2. The van der Waals surface area contributed by atoms with Gasteiger partial charge in [0.05, 0.1) is 11.7 Å². The van der Waals surface area contributed by atoms with Crippen molar-refractivity contribution in [1.82, 2.24) is 0 Å². The fraction of sp³-hybridized carbons (Fsp3) is 0.333. The summed E-state index contributed by atoms with van der Waals surface area (Å²) in [6, 6.07) is 4.49. The highest BCUT2D eigenvalue weighted by atomic mass is 19.1. The number of benzene rings is 1. The molecule has 13 heavy (non-hydrogen) atoms. The first-order valence-corrected chi connectivity index (χ1v) is 4.18. The molecule has 0 saturated carbocycles. The lowest BCUT2D eigenvalue weighted by Crippen LogP contribution is -2.37. The van der Waals surface area contributed by atoms with E-state index in [1.54, 1.807) is 6.07 Å². The summed E-state index contributed by atoms with van der Waals surface area (Å²) in [5.41, 5.74) is 6.14. The highest BCUT2D eigenvalue weighted by Gasteiger charge is 2.17. The van der Waals surface area contributed by atoms with E-state index in [1.807, 2.05) is 0 Å². The quantitative estimate of drug-likeness (QED) is 0.680. The summed E-state index contributed by atoms with van der Waals surface area (Å²) in [4.78, 5) is 0. The molecule has 0 fully saturated rings. The molecule has 70 valence electrons. The summed E-state index contributed by atoms with van der Waals surface area (Å²) in [6.45, 7) is 1.02. The van der Waals surface area contributed by atoms with Gasteiger partial charge in [0.1, 0.15) is 18.2 Å². The fourth-order valence-electron chi connectivity index (χ4n) is 1.32. The van der Waals surface area contributed by atoms with Crippen molar-refractivity contribution in [1.29, 1.82) is 0 Å². The average molecular weight is 182 g/mol. The number of fused-ring (bicyclic) bond motifs is 1. The number of ether oxygens (including phenoxy) is 1. The van der Waals surface area contributed by atoms with Gasteiger partial charge in [-0.3, -0.25) is 0 Å². The van der Waals surface area contributed by atoms with E-state index in [9.17, 15) is 4.39 Å². The SMILES string of the molecule is NCC1COc2ccc(F)cc2N1. The molecule has 1 heterocycles. The molecule has 0 aromatic heterocycles. The van der Waals surface area contributed by atoms with Crippen LogP contribution in [0.2, 0.25) is 0 Å². The lowest BCUT2D eigenvalue weighted by molar-refractivity contribution is 0.286. The number of nitrogens with one attached hydrogen (secondary N) is 1. The van der Waals surface area contributed by atoms with Crippen LogP contribution in [0.5, 0.6) is 5.75 Å². The normalized spacial score (nSPS) is 20.0. The maximum atomic E-state index is 12.8. The molecule has 3 N–H and O–H groups in total. The molecular weight excluding hydrogens is 171 g/mol. The van der Waals surface area contributed by atoms with E-state index >= 15 is 0 Å².